The minimum atomic E-state index is -0.623. The molecule has 8 heteroatoms. The zero-order chi connectivity index (χ0) is 14.7. The number of azide groups is 1. The molecule has 0 aromatic heterocycles. The van der Waals surface area contributed by atoms with Crippen LogP contribution in [0.3, 0.4) is 0 Å². The summed E-state index contributed by atoms with van der Waals surface area (Å²) in [4.78, 5) is 26.8. The van der Waals surface area contributed by atoms with Crippen molar-refractivity contribution < 1.29 is 19.1 Å². The minimum absolute atomic E-state index is 0.0327. The van der Waals surface area contributed by atoms with Crippen LogP contribution < -0.4 is 0 Å². The molecule has 0 spiro atoms. The molecule has 0 unspecified atom stereocenters. The van der Waals surface area contributed by atoms with Gasteiger partial charge in [0, 0.05) is 18.5 Å². The Morgan fingerprint density at radius 3 is 2.74 bits per heavy atom. The number of ether oxygens (including phenoxy) is 2. The third kappa shape index (κ3) is 6.95. The number of amides is 1. The van der Waals surface area contributed by atoms with Gasteiger partial charge in [0.25, 0.3) is 0 Å². The fourth-order valence-electron chi connectivity index (χ4n) is 1.25. The molecular weight excluding hydrogens is 252 g/mol. The van der Waals surface area contributed by atoms with Gasteiger partial charge < -0.3 is 14.4 Å². The topological polar surface area (TPSA) is 105 Å². The Balaban J connectivity index is 4.61. The summed E-state index contributed by atoms with van der Waals surface area (Å²) in [6, 6.07) is -0.604. The summed E-state index contributed by atoms with van der Waals surface area (Å²) in [5.41, 5.74) is 8.31. The number of carbonyl (C=O) groups is 2. The molecule has 0 rings (SSSR count). The highest BCUT2D eigenvalue weighted by atomic mass is 16.6. The van der Waals surface area contributed by atoms with E-state index in [0.717, 1.165) is 0 Å². The van der Waals surface area contributed by atoms with E-state index in [0.29, 0.717) is 0 Å². The van der Waals surface area contributed by atoms with Crippen LogP contribution in [-0.4, -0.2) is 49.8 Å². The normalized spacial score (nSPS) is 10.8. The summed E-state index contributed by atoms with van der Waals surface area (Å²) < 4.78 is 9.63. The lowest BCUT2D eigenvalue weighted by Gasteiger charge is -2.25. The highest BCUT2D eigenvalue weighted by molar-refractivity contribution is 5.72. The Morgan fingerprint density at radius 1 is 1.53 bits per heavy atom. The van der Waals surface area contributed by atoms with E-state index in [1.165, 1.54) is 18.0 Å². The first kappa shape index (κ1) is 16.8. The molecule has 0 saturated heterocycles. The summed E-state index contributed by atoms with van der Waals surface area (Å²) >= 11 is 0. The number of likely N-dealkylation sites (N-methyl/N-ethyl adjacent to an activating group) is 1. The Bertz CT molecular complexity index is 366. The van der Waals surface area contributed by atoms with Crippen molar-refractivity contribution in [3.8, 4) is 0 Å². The van der Waals surface area contributed by atoms with E-state index in [1.54, 1.807) is 6.92 Å². The van der Waals surface area contributed by atoms with E-state index in [4.69, 9.17) is 15.0 Å². The van der Waals surface area contributed by atoms with Crippen LogP contribution in [0.1, 0.15) is 13.3 Å². The Morgan fingerprint density at radius 2 is 2.21 bits per heavy atom. The molecule has 1 amide bonds. The van der Waals surface area contributed by atoms with Gasteiger partial charge in [-0.15, -0.1) is 0 Å². The average molecular weight is 270 g/mol. The second kappa shape index (κ2) is 9.78. The predicted octanol–water partition coefficient (Wildman–Crippen LogP) is 1.87. The first-order chi connectivity index (χ1) is 9.06. The van der Waals surface area contributed by atoms with Gasteiger partial charge in [0.15, 0.2) is 0 Å². The smallest absolute Gasteiger partial charge is 0.410 e. The molecule has 0 aromatic carbocycles. The Kier molecular flexibility index (Phi) is 8.64. The molecule has 0 N–H and O–H groups in total. The van der Waals surface area contributed by atoms with Gasteiger partial charge in [0.2, 0.25) is 0 Å². The average Bonchev–Trinajstić information content (AvgIpc) is 2.40. The molecule has 0 aromatic rings. The van der Waals surface area contributed by atoms with Crippen molar-refractivity contribution in [3.05, 3.63) is 23.1 Å². The van der Waals surface area contributed by atoms with Crippen molar-refractivity contribution in [2.45, 2.75) is 19.4 Å². The van der Waals surface area contributed by atoms with Gasteiger partial charge in [0.1, 0.15) is 6.61 Å². The van der Waals surface area contributed by atoms with E-state index in [-0.39, 0.29) is 26.2 Å². The number of rotatable bonds is 8. The summed E-state index contributed by atoms with van der Waals surface area (Å²) in [7, 11) is 1.46. The molecule has 0 radical (unpaired) electrons. The van der Waals surface area contributed by atoms with E-state index >= 15 is 0 Å². The van der Waals surface area contributed by atoms with E-state index in [2.05, 4.69) is 16.6 Å². The fourth-order valence-corrected chi connectivity index (χ4v) is 1.25. The standard InChI is InChI=1S/C11H18N4O4/c1-4-6-19-11(17)15(3)9(8-13-14-12)7-10(16)18-5-2/h4,9H,1,5-8H2,2-3H3/t9-/m1/s1. The number of hydrogen-bond acceptors (Lipinski definition) is 5. The van der Waals surface area contributed by atoms with Gasteiger partial charge in [-0.3, -0.25) is 4.79 Å². The van der Waals surface area contributed by atoms with E-state index in [9.17, 15) is 9.59 Å². The summed E-state index contributed by atoms with van der Waals surface area (Å²) in [6.45, 7) is 5.39. The van der Waals surface area contributed by atoms with Gasteiger partial charge in [-0.2, -0.15) is 0 Å². The van der Waals surface area contributed by atoms with Gasteiger partial charge >= 0.3 is 12.1 Å². The molecule has 0 heterocycles. The molecule has 19 heavy (non-hydrogen) atoms. The highest BCUT2D eigenvalue weighted by Gasteiger charge is 2.23. The molecule has 106 valence electrons. The third-order valence-electron chi connectivity index (χ3n) is 2.22. The minimum Gasteiger partial charge on any atom is -0.466 e. The summed E-state index contributed by atoms with van der Waals surface area (Å²) in [6.07, 6.45) is 0.744. The largest absolute Gasteiger partial charge is 0.466 e. The lowest BCUT2D eigenvalue weighted by atomic mass is 10.2. The molecule has 8 nitrogen and oxygen atoms in total. The molecule has 0 saturated carbocycles. The van der Waals surface area contributed by atoms with Gasteiger partial charge in [-0.25, -0.2) is 4.79 Å². The molecule has 0 bridgehead atoms. The van der Waals surface area contributed by atoms with Crippen LogP contribution in [-0.2, 0) is 14.3 Å². The maximum Gasteiger partial charge on any atom is 0.410 e. The second-order valence-corrected chi connectivity index (χ2v) is 3.55. The summed E-state index contributed by atoms with van der Waals surface area (Å²) in [5, 5.41) is 3.37. The maximum atomic E-state index is 11.6. The Labute approximate surface area is 111 Å². The van der Waals surface area contributed by atoms with Crippen molar-refractivity contribution in [3.63, 3.8) is 0 Å². The van der Waals surface area contributed by atoms with Crippen LogP contribution in [0.4, 0.5) is 4.79 Å². The fraction of sp³-hybridized carbons (Fsp3) is 0.636. The zero-order valence-corrected chi connectivity index (χ0v) is 11.1. The molecule has 0 aliphatic carbocycles. The van der Waals surface area contributed by atoms with Crippen LogP contribution in [0, 0.1) is 0 Å². The van der Waals surface area contributed by atoms with Gasteiger partial charge in [-0.05, 0) is 12.5 Å². The van der Waals surface area contributed by atoms with Crippen LogP contribution >= 0.6 is 0 Å². The quantitative estimate of drug-likeness (QED) is 0.221. The molecule has 0 fully saturated rings. The maximum absolute atomic E-state index is 11.6. The number of hydrogen-bond donors (Lipinski definition) is 0. The van der Waals surface area contributed by atoms with Crippen LogP contribution in [0.5, 0.6) is 0 Å². The first-order valence-corrected chi connectivity index (χ1v) is 5.73. The van der Waals surface area contributed by atoms with E-state index < -0.39 is 18.1 Å². The lowest BCUT2D eigenvalue weighted by Crippen LogP contribution is -2.41. The molecule has 0 aliphatic heterocycles. The zero-order valence-electron chi connectivity index (χ0n) is 11.1. The van der Waals surface area contributed by atoms with Gasteiger partial charge in [-0.1, -0.05) is 17.8 Å². The van der Waals surface area contributed by atoms with Gasteiger partial charge in [0.05, 0.1) is 19.1 Å². The summed E-state index contributed by atoms with van der Waals surface area (Å²) in [5.74, 6) is -0.469. The molecule has 1 atom stereocenters. The third-order valence-corrected chi connectivity index (χ3v) is 2.22. The second-order valence-electron chi connectivity index (χ2n) is 3.55. The first-order valence-electron chi connectivity index (χ1n) is 5.73. The number of esters is 1. The van der Waals surface area contributed by atoms with Crippen LogP contribution in [0.2, 0.25) is 0 Å². The van der Waals surface area contributed by atoms with Crippen molar-refractivity contribution >= 4 is 12.1 Å². The highest BCUT2D eigenvalue weighted by Crippen LogP contribution is 2.07. The van der Waals surface area contributed by atoms with Crippen molar-refractivity contribution in [1.29, 1.82) is 0 Å². The molecular formula is C11H18N4O4. The number of nitrogens with zero attached hydrogens (tertiary/aromatic N) is 4. The van der Waals surface area contributed by atoms with Crippen LogP contribution in [0.15, 0.2) is 17.8 Å². The monoisotopic (exact) mass is 270 g/mol. The van der Waals surface area contributed by atoms with Crippen molar-refractivity contribution in [2.75, 3.05) is 26.8 Å². The number of carbonyl (C=O) groups excluding carboxylic acids is 2. The van der Waals surface area contributed by atoms with Crippen molar-refractivity contribution in [2.24, 2.45) is 5.11 Å². The molecule has 0 aliphatic rings. The lowest BCUT2D eigenvalue weighted by molar-refractivity contribution is -0.144. The Hall–Kier alpha value is -2.21. The van der Waals surface area contributed by atoms with Crippen LogP contribution in [0.25, 0.3) is 10.4 Å². The van der Waals surface area contributed by atoms with Crippen molar-refractivity contribution in [1.82, 2.24) is 4.90 Å². The van der Waals surface area contributed by atoms with E-state index in [1.807, 2.05) is 0 Å². The predicted molar refractivity (Wildman–Crippen MR) is 68.4 cm³/mol. The SMILES string of the molecule is C=CCOC(=O)N(C)[C@@H](CN=[N+]=[N-])CC(=O)OCC.